The lowest BCUT2D eigenvalue weighted by atomic mass is 9.69. The van der Waals surface area contributed by atoms with Gasteiger partial charge in [-0.3, -0.25) is 4.79 Å². The van der Waals surface area contributed by atoms with Crippen molar-refractivity contribution in [2.24, 2.45) is 0 Å². The summed E-state index contributed by atoms with van der Waals surface area (Å²) in [4.78, 5) is 16.5. The van der Waals surface area contributed by atoms with Crippen molar-refractivity contribution in [2.45, 2.75) is 12.0 Å². The maximum Gasteiger partial charge on any atom is 0.247 e. The van der Waals surface area contributed by atoms with Gasteiger partial charge in [-0.05, 0) is 35.4 Å². The second kappa shape index (κ2) is 8.47. The molecule has 5 rings (SSSR count). The quantitative estimate of drug-likeness (QED) is 0.397. The Kier molecular flexibility index (Phi) is 5.35. The van der Waals surface area contributed by atoms with Crippen LogP contribution in [0.1, 0.15) is 22.3 Å². The Morgan fingerprint density at radius 3 is 2.18 bits per heavy atom. The maximum atomic E-state index is 14.6. The predicted molar refractivity (Wildman–Crippen MR) is 130 cm³/mol. The first-order valence-electron chi connectivity index (χ1n) is 10.9. The minimum absolute atomic E-state index is 0.00898. The van der Waals surface area contributed by atoms with Crippen LogP contribution in [0, 0.1) is 0 Å². The van der Waals surface area contributed by atoms with Gasteiger partial charge in [0.2, 0.25) is 5.91 Å². The van der Waals surface area contributed by atoms with E-state index in [1.165, 1.54) is 0 Å². The molecule has 0 saturated carbocycles. The van der Waals surface area contributed by atoms with Crippen LogP contribution in [-0.2, 0) is 16.8 Å². The minimum atomic E-state index is -1.06. The highest BCUT2D eigenvalue weighted by molar-refractivity contribution is 6.13. The molecule has 1 aliphatic rings. The van der Waals surface area contributed by atoms with Gasteiger partial charge in [-0.15, -0.1) is 0 Å². The van der Waals surface area contributed by atoms with Gasteiger partial charge in [-0.1, -0.05) is 78.9 Å². The third kappa shape index (κ3) is 3.26. The van der Waals surface area contributed by atoms with E-state index in [1.54, 1.807) is 14.2 Å². The molecule has 0 N–H and O–H groups in total. The molecule has 1 aliphatic heterocycles. The van der Waals surface area contributed by atoms with E-state index in [1.807, 2.05) is 108 Å². The summed E-state index contributed by atoms with van der Waals surface area (Å²) in [5.74, 6) is 1.36. The Bertz CT molecular complexity index is 1300. The van der Waals surface area contributed by atoms with Crippen LogP contribution in [0.4, 0.5) is 5.69 Å². The molecule has 1 amide bonds. The van der Waals surface area contributed by atoms with Crippen LogP contribution in [0.2, 0.25) is 0 Å². The topological polar surface area (TPSA) is 38.8 Å². The van der Waals surface area contributed by atoms with E-state index in [0.29, 0.717) is 18.0 Å². The Balaban J connectivity index is 1.81. The first-order valence-corrected chi connectivity index (χ1v) is 10.9. The van der Waals surface area contributed by atoms with Gasteiger partial charge in [0.25, 0.3) is 0 Å². The molecule has 0 radical (unpaired) electrons. The number of hydrogen-bond donors (Lipinski definition) is 0. The zero-order chi connectivity index (χ0) is 22.8. The van der Waals surface area contributed by atoms with Crippen LogP contribution in [-0.4, -0.2) is 20.1 Å². The summed E-state index contributed by atoms with van der Waals surface area (Å²) in [6, 6.07) is 33.7. The second-order valence-corrected chi connectivity index (χ2v) is 8.08. The van der Waals surface area contributed by atoms with E-state index < -0.39 is 5.41 Å². The number of amides is 1. The zero-order valence-corrected chi connectivity index (χ0v) is 18.7. The average Bonchev–Trinajstić information content (AvgIpc) is 3.13. The fourth-order valence-electron chi connectivity index (χ4n) is 4.88. The lowest BCUT2D eigenvalue weighted by Gasteiger charge is -2.31. The molecule has 1 heterocycles. The molecule has 33 heavy (non-hydrogen) atoms. The molecule has 4 nitrogen and oxygen atoms in total. The van der Waals surface area contributed by atoms with Crippen LogP contribution in [0.25, 0.3) is 0 Å². The number of benzene rings is 4. The number of rotatable bonds is 6. The minimum Gasteiger partial charge on any atom is -0.497 e. The van der Waals surface area contributed by atoms with Crippen molar-refractivity contribution in [3.63, 3.8) is 0 Å². The van der Waals surface area contributed by atoms with Gasteiger partial charge < -0.3 is 14.4 Å². The number of para-hydroxylation sites is 2. The summed E-state index contributed by atoms with van der Waals surface area (Å²) in [5.41, 5.74) is 3.51. The number of carbonyl (C=O) groups is 1. The predicted octanol–water partition coefficient (Wildman–Crippen LogP) is 5.59. The molecular formula is C29H25NO3. The summed E-state index contributed by atoms with van der Waals surface area (Å²) in [5, 5.41) is 0. The molecule has 0 spiro atoms. The summed E-state index contributed by atoms with van der Waals surface area (Å²) in [6.45, 7) is 0.484. The Hall–Kier alpha value is -4.05. The SMILES string of the molecule is COc1cccc(C2(c3ccccc3OC)C(=O)N(Cc3ccccc3)c3ccccc32)c1. The summed E-state index contributed by atoms with van der Waals surface area (Å²) < 4.78 is 11.3. The number of hydrogen-bond acceptors (Lipinski definition) is 3. The number of ether oxygens (including phenoxy) is 2. The number of nitrogens with zero attached hydrogens (tertiary/aromatic N) is 1. The zero-order valence-electron chi connectivity index (χ0n) is 18.7. The number of carbonyl (C=O) groups excluding carboxylic acids is 1. The van der Waals surface area contributed by atoms with Crippen LogP contribution in [0.5, 0.6) is 11.5 Å². The van der Waals surface area contributed by atoms with Crippen molar-refractivity contribution in [1.29, 1.82) is 0 Å². The van der Waals surface area contributed by atoms with Crippen molar-refractivity contribution in [3.05, 3.63) is 125 Å². The molecule has 4 aromatic carbocycles. The molecule has 4 aromatic rings. The van der Waals surface area contributed by atoms with E-state index >= 15 is 0 Å². The third-order valence-electron chi connectivity index (χ3n) is 6.36. The van der Waals surface area contributed by atoms with Crippen LogP contribution in [0.15, 0.2) is 103 Å². The summed E-state index contributed by atoms with van der Waals surface area (Å²) >= 11 is 0. The van der Waals surface area contributed by atoms with Crippen molar-refractivity contribution >= 4 is 11.6 Å². The summed E-state index contributed by atoms with van der Waals surface area (Å²) in [6.07, 6.45) is 0. The highest BCUT2D eigenvalue weighted by Gasteiger charge is 2.54. The molecule has 0 aromatic heterocycles. The van der Waals surface area contributed by atoms with E-state index in [-0.39, 0.29) is 5.91 Å². The third-order valence-corrected chi connectivity index (χ3v) is 6.36. The molecule has 0 saturated heterocycles. The fraction of sp³-hybridized carbons (Fsp3) is 0.138. The second-order valence-electron chi connectivity index (χ2n) is 8.08. The van der Waals surface area contributed by atoms with Gasteiger partial charge in [0.05, 0.1) is 20.8 Å². The van der Waals surface area contributed by atoms with E-state index in [0.717, 1.165) is 27.9 Å². The maximum absolute atomic E-state index is 14.6. The molecule has 0 aliphatic carbocycles. The average molecular weight is 436 g/mol. The normalized spacial score (nSPS) is 17.0. The van der Waals surface area contributed by atoms with Gasteiger partial charge >= 0.3 is 0 Å². The summed E-state index contributed by atoms with van der Waals surface area (Å²) in [7, 11) is 3.28. The van der Waals surface area contributed by atoms with Crippen molar-refractivity contribution in [1.82, 2.24) is 0 Å². The molecule has 4 heteroatoms. The lowest BCUT2D eigenvalue weighted by molar-refractivity contribution is -0.120. The van der Waals surface area contributed by atoms with Crippen molar-refractivity contribution in [2.75, 3.05) is 19.1 Å². The molecule has 1 atom stereocenters. The largest absolute Gasteiger partial charge is 0.497 e. The van der Waals surface area contributed by atoms with Gasteiger partial charge in [-0.25, -0.2) is 0 Å². The van der Waals surface area contributed by atoms with Crippen molar-refractivity contribution in [3.8, 4) is 11.5 Å². The van der Waals surface area contributed by atoms with Gasteiger partial charge in [0.15, 0.2) is 0 Å². The number of methoxy groups -OCH3 is 2. The molecule has 0 fully saturated rings. The number of anilines is 1. The van der Waals surface area contributed by atoms with Gasteiger partial charge in [0, 0.05) is 16.8 Å². The van der Waals surface area contributed by atoms with Crippen LogP contribution in [0.3, 0.4) is 0 Å². The first-order chi connectivity index (χ1) is 16.2. The smallest absolute Gasteiger partial charge is 0.247 e. The van der Waals surface area contributed by atoms with Crippen LogP contribution < -0.4 is 14.4 Å². The first kappa shape index (κ1) is 20.8. The molecule has 164 valence electrons. The van der Waals surface area contributed by atoms with E-state index in [9.17, 15) is 4.79 Å². The number of fused-ring (bicyclic) bond motifs is 1. The highest BCUT2D eigenvalue weighted by Crippen LogP contribution is 2.53. The Labute approximate surface area is 194 Å². The van der Waals surface area contributed by atoms with Gasteiger partial charge in [-0.2, -0.15) is 0 Å². The highest BCUT2D eigenvalue weighted by atomic mass is 16.5. The van der Waals surface area contributed by atoms with Crippen LogP contribution >= 0.6 is 0 Å². The fourth-order valence-corrected chi connectivity index (χ4v) is 4.88. The van der Waals surface area contributed by atoms with E-state index in [4.69, 9.17) is 9.47 Å². The standard InChI is InChI=1S/C29H25NO3/c1-32-23-14-10-13-22(19-23)29(25-16-7-9-18-27(25)33-2)24-15-6-8-17-26(24)30(28(29)31)20-21-11-4-3-5-12-21/h3-19H,20H2,1-2H3. The monoisotopic (exact) mass is 435 g/mol. The Morgan fingerprint density at radius 1 is 0.727 bits per heavy atom. The molecular weight excluding hydrogens is 410 g/mol. The Morgan fingerprint density at radius 2 is 1.42 bits per heavy atom. The van der Waals surface area contributed by atoms with Crippen molar-refractivity contribution < 1.29 is 14.3 Å². The lowest BCUT2D eigenvalue weighted by Crippen LogP contribution is -2.42. The molecule has 1 unspecified atom stereocenters. The molecule has 0 bridgehead atoms. The van der Waals surface area contributed by atoms with Gasteiger partial charge in [0.1, 0.15) is 16.9 Å². The van der Waals surface area contributed by atoms with E-state index in [2.05, 4.69) is 0 Å².